The first-order chi connectivity index (χ1) is 8.56. The Balaban J connectivity index is 2.01. The van der Waals surface area contributed by atoms with Crippen molar-refractivity contribution in [3.63, 3.8) is 0 Å². The van der Waals surface area contributed by atoms with E-state index in [4.69, 9.17) is 4.42 Å². The van der Waals surface area contributed by atoms with E-state index in [1.807, 2.05) is 32.9 Å². The third kappa shape index (κ3) is 2.90. The predicted molar refractivity (Wildman–Crippen MR) is 69.3 cm³/mol. The number of rotatable bonds is 4. The van der Waals surface area contributed by atoms with E-state index in [0.29, 0.717) is 12.2 Å². The lowest BCUT2D eigenvalue weighted by molar-refractivity contribution is 0.407. The van der Waals surface area contributed by atoms with Crippen molar-refractivity contribution in [2.75, 3.05) is 0 Å². The maximum absolute atomic E-state index is 9.70. The first kappa shape index (κ1) is 12.6. The van der Waals surface area contributed by atoms with Crippen LogP contribution in [-0.2, 0) is 6.54 Å². The number of furan rings is 1. The maximum Gasteiger partial charge on any atom is 0.138 e. The van der Waals surface area contributed by atoms with Crippen LogP contribution in [0.4, 0.5) is 0 Å². The van der Waals surface area contributed by atoms with Gasteiger partial charge in [0.25, 0.3) is 0 Å². The summed E-state index contributed by atoms with van der Waals surface area (Å²) in [6.07, 6.45) is 0. The molecule has 0 bridgehead atoms. The standard InChI is InChI=1S/C14H18N2O2/c1-9-4-6-13(17)12(16-9)8-15-11(3)14-7-5-10(2)18-14/h4-7,11,15,17H,8H2,1-3H3. The third-order valence-electron chi connectivity index (χ3n) is 2.85. The maximum atomic E-state index is 9.70. The van der Waals surface area contributed by atoms with Crippen LogP contribution >= 0.6 is 0 Å². The van der Waals surface area contributed by atoms with Crippen LogP contribution in [0.5, 0.6) is 5.75 Å². The summed E-state index contributed by atoms with van der Waals surface area (Å²) in [4.78, 5) is 4.30. The molecule has 0 radical (unpaired) electrons. The summed E-state index contributed by atoms with van der Waals surface area (Å²) in [7, 11) is 0. The van der Waals surface area contributed by atoms with Gasteiger partial charge in [-0.25, -0.2) is 0 Å². The van der Waals surface area contributed by atoms with Gasteiger partial charge >= 0.3 is 0 Å². The zero-order valence-electron chi connectivity index (χ0n) is 10.9. The van der Waals surface area contributed by atoms with Crippen molar-refractivity contribution in [3.8, 4) is 5.75 Å². The molecule has 0 fully saturated rings. The quantitative estimate of drug-likeness (QED) is 0.871. The van der Waals surface area contributed by atoms with Gasteiger partial charge in [0.05, 0.1) is 11.7 Å². The molecule has 2 N–H and O–H groups in total. The van der Waals surface area contributed by atoms with Crippen LogP contribution in [0.3, 0.4) is 0 Å². The van der Waals surface area contributed by atoms with E-state index < -0.39 is 0 Å². The van der Waals surface area contributed by atoms with Crippen LogP contribution in [0.2, 0.25) is 0 Å². The number of aryl methyl sites for hydroxylation is 2. The normalized spacial score (nSPS) is 12.6. The van der Waals surface area contributed by atoms with E-state index in [1.165, 1.54) is 0 Å². The largest absolute Gasteiger partial charge is 0.506 e. The van der Waals surface area contributed by atoms with Crippen LogP contribution in [0.1, 0.15) is 35.9 Å². The van der Waals surface area contributed by atoms with Gasteiger partial charge in [-0.2, -0.15) is 0 Å². The van der Waals surface area contributed by atoms with Gasteiger partial charge in [0.2, 0.25) is 0 Å². The zero-order valence-corrected chi connectivity index (χ0v) is 10.9. The molecule has 96 valence electrons. The molecule has 0 saturated heterocycles. The first-order valence-corrected chi connectivity index (χ1v) is 6.01. The van der Waals surface area contributed by atoms with E-state index in [2.05, 4.69) is 10.3 Å². The summed E-state index contributed by atoms with van der Waals surface area (Å²) >= 11 is 0. The van der Waals surface area contributed by atoms with Gasteiger partial charge in [0, 0.05) is 12.2 Å². The minimum absolute atomic E-state index is 0.0837. The molecule has 2 aromatic rings. The molecule has 1 atom stereocenters. The molecule has 18 heavy (non-hydrogen) atoms. The molecule has 1 unspecified atom stereocenters. The second-order valence-corrected chi connectivity index (χ2v) is 4.47. The number of hydrogen-bond donors (Lipinski definition) is 2. The average Bonchev–Trinajstić information content (AvgIpc) is 2.77. The smallest absolute Gasteiger partial charge is 0.138 e. The van der Waals surface area contributed by atoms with Crippen LogP contribution in [-0.4, -0.2) is 10.1 Å². The van der Waals surface area contributed by atoms with Gasteiger partial charge in [0.15, 0.2) is 0 Å². The number of hydrogen-bond acceptors (Lipinski definition) is 4. The Kier molecular flexibility index (Phi) is 3.67. The van der Waals surface area contributed by atoms with Gasteiger partial charge in [-0.15, -0.1) is 0 Å². The molecule has 2 aromatic heterocycles. The SMILES string of the molecule is Cc1ccc(O)c(CNC(C)c2ccc(C)o2)n1. The van der Waals surface area contributed by atoms with Crippen LogP contribution in [0.15, 0.2) is 28.7 Å². The lowest BCUT2D eigenvalue weighted by Gasteiger charge is -2.12. The van der Waals surface area contributed by atoms with Crippen molar-refractivity contribution in [3.05, 3.63) is 47.2 Å². The highest BCUT2D eigenvalue weighted by molar-refractivity contribution is 5.27. The number of nitrogens with zero attached hydrogens (tertiary/aromatic N) is 1. The Morgan fingerprint density at radius 2 is 2.06 bits per heavy atom. The number of aromatic nitrogens is 1. The summed E-state index contributed by atoms with van der Waals surface area (Å²) in [5, 5.41) is 13.0. The topological polar surface area (TPSA) is 58.3 Å². The van der Waals surface area contributed by atoms with E-state index >= 15 is 0 Å². The van der Waals surface area contributed by atoms with Gasteiger partial charge < -0.3 is 14.8 Å². The monoisotopic (exact) mass is 246 g/mol. The fourth-order valence-corrected chi connectivity index (χ4v) is 1.77. The average molecular weight is 246 g/mol. The molecule has 0 spiro atoms. The molecule has 0 aromatic carbocycles. The minimum atomic E-state index is 0.0837. The first-order valence-electron chi connectivity index (χ1n) is 6.01. The molecule has 0 aliphatic heterocycles. The van der Waals surface area contributed by atoms with Crippen molar-refractivity contribution in [1.82, 2.24) is 10.3 Å². The Morgan fingerprint density at radius 3 is 2.72 bits per heavy atom. The molecule has 0 saturated carbocycles. The van der Waals surface area contributed by atoms with Gasteiger partial charge in [-0.05, 0) is 45.0 Å². The van der Waals surface area contributed by atoms with E-state index in [9.17, 15) is 5.11 Å². The second-order valence-electron chi connectivity index (χ2n) is 4.47. The highest BCUT2D eigenvalue weighted by Gasteiger charge is 2.10. The summed E-state index contributed by atoms with van der Waals surface area (Å²) in [5.74, 6) is 2.01. The summed E-state index contributed by atoms with van der Waals surface area (Å²) in [6, 6.07) is 7.44. The molecule has 4 nitrogen and oxygen atoms in total. The summed E-state index contributed by atoms with van der Waals surface area (Å²) in [6.45, 7) is 6.35. The van der Waals surface area contributed by atoms with Crippen molar-refractivity contribution < 1.29 is 9.52 Å². The van der Waals surface area contributed by atoms with Crippen LogP contribution in [0, 0.1) is 13.8 Å². The van der Waals surface area contributed by atoms with E-state index in [1.54, 1.807) is 12.1 Å². The highest BCUT2D eigenvalue weighted by atomic mass is 16.3. The molecule has 2 heterocycles. The second kappa shape index (κ2) is 5.23. The molecule has 0 amide bonds. The molecule has 0 aliphatic carbocycles. The lowest BCUT2D eigenvalue weighted by Crippen LogP contribution is -2.18. The third-order valence-corrected chi connectivity index (χ3v) is 2.85. The number of pyridine rings is 1. The van der Waals surface area contributed by atoms with Gasteiger partial charge in [0.1, 0.15) is 17.3 Å². The zero-order chi connectivity index (χ0) is 13.1. The van der Waals surface area contributed by atoms with Gasteiger partial charge in [-0.3, -0.25) is 4.98 Å². The molecule has 4 heteroatoms. The predicted octanol–water partition coefficient (Wildman–Crippen LogP) is 2.85. The van der Waals surface area contributed by atoms with E-state index in [-0.39, 0.29) is 11.8 Å². The highest BCUT2D eigenvalue weighted by Crippen LogP contribution is 2.18. The fraction of sp³-hybridized carbons (Fsp3) is 0.357. The number of nitrogens with one attached hydrogen (secondary N) is 1. The van der Waals surface area contributed by atoms with Crippen LogP contribution < -0.4 is 5.32 Å². The molecule has 2 rings (SSSR count). The van der Waals surface area contributed by atoms with E-state index in [0.717, 1.165) is 17.2 Å². The Bertz CT molecular complexity index is 534. The van der Waals surface area contributed by atoms with Crippen molar-refractivity contribution in [2.45, 2.75) is 33.4 Å². The summed E-state index contributed by atoms with van der Waals surface area (Å²) < 4.78 is 5.54. The fourth-order valence-electron chi connectivity index (χ4n) is 1.77. The molecular weight excluding hydrogens is 228 g/mol. The number of aromatic hydroxyl groups is 1. The lowest BCUT2D eigenvalue weighted by atomic mass is 10.2. The van der Waals surface area contributed by atoms with Crippen molar-refractivity contribution in [2.24, 2.45) is 0 Å². The van der Waals surface area contributed by atoms with Crippen LogP contribution in [0.25, 0.3) is 0 Å². The minimum Gasteiger partial charge on any atom is -0.506 e. The molecule has 0 aliphatic rings. The molecular formula is C14H18N2O2. The van der Waals surface area contributed by atoms with Crippen molar-refractivity contribution in [1.29, 1.82) is 0 Å². The Morgan fingerprint density at radius 1 is 1.28 bits per heavy atom. The Labute approximate surface area is 107 Å². The van der Waals surface area contributed by atoms with Crippen molar-refractivity contribution >= 4 is 0 Å². The van der Waals surface area contributed by atoms with Gasteiger partial charge in [-0.1, -0.05) is 0 Å². The Hall–Kier alpha value is -1.81. The summed E-state index contributed by atoms with van der Waals surface area (Å²) in [5.41, 5.74) is 1.55.